The molecule has 3 rings (SSSR count). The number of hydrogen-bond donors (Lipinski definition) is 2. The van der Waals surface area contributed by atoms with E-state index in [0.717, 1.165) is 5.56 Å². The molecule has 0 atom stereocenters. The van der Waals surface area contributed by atoms with Gasteiger partial charge in [-0.2, -0.15) is 13.2 Å². The molecule has 0 radical (unpaired) electrons. The van der Waals surface area contributed by atoms with Crippen LogP contribution in [-0.2, 0) is 17.8 Å². The number of alkyl halides is 3. The van der Waals surface area contributed by atoms with Crippen molar-refractivity contribution in [3.8, 4) is 5.75 Å². The Morgan fingerprint density at radius 1 is 1.18 bits per heavy atom. The average molecular weight is 476 g/mol. The van der Waals surface area contributed by atoms with Crippen molar-refractivity contribution in [3.05, 3.63) is 65.0 Å². The summed E-state index contributed by atoms with van der Waals surface area (Å²) in [5.74, 6) is -2.08. The second-order valence-corrected chi connectivity index (χ2v) is 8.40. The summed E-state index contributed by atoms with van der Waals surface area (Å²) in [6, 6.07) is 8.52. The molecule has 0 unspecified atom stereocenters. The molecule has 0 bridgehead atoms. The fourth-order valence-corrected chi connectivity index (χ4v) is 4.06. The summed E-state index contributed by atoms with van der Waals surface area (Å²) in [7, 11) is 1.48. The number of aromatic nitrogens is 1. The Balaban J connectivity index is 1.64. The molecule has 2 aromatic rings. The number of carboxylic acids is 1. The molecule has 1 amide bonds. The van der Waals surface area contributed by atoms with Gasteiger partial charge < -0.3 is 15.2 Å². The summed E-state index contributed by atoms with van der Waals surface area (Å²) in [4.78, 5) is 27.7. The topological polar surface area (TPSA) is 88.5 Å². The van der Waals surface area contributed by atoms with Crippen LogP contribution in [0.1, 0.15) is 52.9 Å². The minimum atomic E-state index is -4.14. The van der Waals surface area contributed by atoms with Gasteiger partial charge in [-0.3, -0.25) is 9.59 Å². The molecule has 2 N–H and O–H groups in total. The molecule has 182 valence electrons. The fraction of sp³-hybridized carbons (Fsp3) is 0.400. The van der Waals surface area contributed by atoms with Crippen molar-refractivity contribution >= 4 is 18.0 Å². The van der Waals surface area contributed by atoms with Crippen molar-refractivity contribution in [1.29, 1.82) is 0 Å². The van der Waals surface area contributed by atoms with E-state index in [1.54, 1.807) is 36.4 Å². The Labute approximate surface area is 195 Å². The molecule has 1 saturated carbocycles. The number of nitrogens with zero attached hydrogens (tertiary/aromatic N) is 1. The van der Waals surface area contributed by atoms with Crippen LogP contribution in [0.4, 0.5) is 13.2 Å². The van der Waals surface area contributed by atoms with Gasteiger partial charge in [-0.05, 0) is 48.8 Å². The number of hydrogen-bond acceptors (Lipinski definition) is 4. The Hall–Kier alpha value is -3.36. The smallest absolute Gasteiger partial charge is 0.391 e. The molecule has 9 heteroatoms. The Bertz CT molecular complexity index is 1040. The highest BCUT2D eigenvalue weighted by Gasteiger charge is 2.40. The minimum absolute atomic E-state index is 0.0341. The van der Waals surface area contributed by atoms with Crippen LogP contribution in [-0.4, -0.2) is 35.3 Å². The molecular weight excluding hydrogens is 449 g/mol. The van der Waals surface area contributed by atoms with Crippen LogP contribution in [0.3, 0.4) is 0 Å². The molecule has 1 aliphatic rings. The third-order valence-corrected chi connectivity index (χ3v) is 5.93. The Kier molecular flexibility index (Phi) is 8.31. The highest BCUT2D eigenvalue weighted by Crippen LogP contribution is 2.40. The summed E-state index contributed by atoms with van der Waals surface area (Å²) in [5, 5.41) is 11.7. The first-order valence-corrected chi connectivity index (χ1v) is 11.0. The van der Waals surface area contributed by atoms with E-state index in [-0.39, 0.29) is 37.4 Å². The van der Waals surface area contributed by atoms with E-state index in [1.807, 2.05) is 6.08 Å². The van der Waals surface area contributed by atoms with Gasteiger partial charge in [-0.1, -0.05) is 36.4 Å². The van der Waals surface area contributed by atoms with Crippen LogP contribution >= 0.6 is 0 Å². The SMILES string of the molecule is COc1cnc(C(=O)NCc2cccc(CC(=O)O)c2)cc1/C=C/C1CCC(C(F)(F)F)CC1. The van der Waals surface area contributed by atoms with Crippen LogP contribution in [0.25, 0.3) is 6.08 Å². The largest absolute Gasteiger partial charge is 0.495 e. The fourth-order valence-electron chi connectivity index (χ4n) is 4.06. The number of benzene rings is 1. The van der Waals surface area contributed by atoms with Gasteiger partial charge in [0.2, 0.25) is 0 Å². The highest BCUT2D eigenvalue weighted by atomic mass is 19.4. The minimum Gasteiger partial charge on any atom is -0.495 e. The predicted octanol–water partition coefficient (Wildman–Crippen LogP) is 5.03. The van der Waals surface area contributed by atoms with Crippen molar-refractivity contribution in [2.24, 2.45) is 11.8 Å². The molecule has 0 aliphatic heterocycles. The van der Waals surface area contributed by atoms with Crippen LogP contribution in [0, 0.1) is 11.8 Å². The first kappa shape index (κ1) is 25.3. The third kappa shape index (κ3) is 7.07. The van der Waals surface area contributed by atoms with Crippen molar-refractivity contribution in [2.45, 2.75) is 44.8 Å². The van der Waals surface area contributed by atoms with Gasteiger partial charge in [-0.25, -0.2) is 4.98 Å². The van der Waals surface area contributed by atoms with Crippen LogP contribution in [0.15, 0.2) is 42.6 Å². The summed E-state index contributed by atoms with van der Waals surface area (Å²) in [6.07, 6.45) is 2.00. The van der Waals surface area contributed by atoms with E-state index < -0.39 is 24.0 Å². The molecule has 0 spiro atoms. The molecule has 1 aromatic heterocycles. The molecule has 1 aromatic carbocycles. The number of rotatable bonds is 8. The van der Waals surface area contributed by atoms with E-state index in [0.29, 0.717) is 29.7 Å². The Morgan fingerprint density at radius 2 is 1.88 bits per heavy atom. The second-order valence-electron chi connectivity index (χ2n) is 8.40. The van der Waals surface area contributed by atoms with E-state index in [4.69, 9.17) is 9.84 Å². The van der Waals surface area contributed by atoms with Crippen molar-refractivity contribution in [2.75, 3.05) is 7.11 Å². The number of pyridine rings is 1. The quantitative estimate of drug-likeness (QED) is 0.558. The summed E-state index contributed by atoms with van der Waals surface area (Å²) < 4.78 is 43.9. The first-order valence-electron chi connectivity index (χ1n) is 11.0. The number of carbonyl (C=O) groups excluding carboxylic acids is 1. The first-order chi connectivity index (χ1) is 16.2. The van der Waals surface area contributed by atoms with Gasteiger partial charge in [0.15, 0.2) is 0 Å². The maximum absolute atomic E-state index is 12.9. The summed E-state index contributed by atoms with van der Waals surface area (Å²) in [6.45, 7) is 0.202. The van der Waals surface area contributed by atoms with Crippen LogP contribution < -0.4 is 10.1 Å². The average Bonchev–Trinajstić information content (AvgIpc) is 2.80. The van der Waals surface area contributed by atoms with Crippen molar-refractivity contribution in [1.82, 2.24) is 10.3 Å². The number of aliphatic carboxylic acids is 1. The number of carboxylic acid groups (broad SMARTS) is 1. The number of ether oxygens (including phenoxy) is 1. The number of carbonyl (C=O) groups is 2. The second kappa shape index (κ2) is 11.2. The molecule has 6 nitrogen and oxygen atoms in total. The summed E-state index contributed by atoms with van der Waals surface area (Å²) >= 11 is 0. The van der Waals surface area contributed by atoms with Gasteiger partial charge in [0, 0.05) is 12.1 Å². The van der Waals surface area contributed by atoms with Gasteiger partial charge in [0.25, 0.3) is 5.91 Å². The van der Waals surface area contributed by atoms with Crippen molar-refractivity contribution < 1.29 is 32.6 Å². The lowest BCUT2D eigenvalue weighted by atomic mass is 9.81. The molecule has 1 aliphatic carbocycles. The number of methoxy groups -OCH3 is 1. The number of allylic oxidation sites excluding steroid dienone is 1. The van der Waals surface area contributed by atoms with Gasteiger partial charge in [0.05, 0.1) is 25.6 Å². The van der Waals surface area contributed by atoms with Gasteiger partial charge >= 0.3 is 12.1 Å². The lowest BCUT2D eigenvalue weighted by Gasteiger charge is -2.28. The molecular formula is C25H27F3N2O4. The molecule has 1 fully saturated rings. The molecule has 34 heavy (non-hydrogen) atoms. The van der Waals surface area contributed by atoms with E-state index in [1.165, 1.54) is 13.3 Å². The summed E-state index contributed by atoms with van der Waals surface area (Å²) in [5.41, 5.74) is 2.18. The van der Waals surface area contributed by atoms with E-state index in [2.05, 4.69) is 10.3 Å². The molecule has 1 heterocycles. The number of halogens is 3. The van der Waals surface area contributed by atoms with Crippen LogP contribution in [0.5, 0.6) is 5.75 Å². The lowest BCUT2D eigenvalue weighted by Crippen LogP contribution is -2.27. The monoisotopic (exact) mass is 476 g/mol. The molecule has 0 saturated heterocycles. The number of nitrogens with one attached hydrogen (secondary N) is 1. The van der Waals surface area contributed by atoms with E-state index in [9.17, 15) is 22.8 Å². The van der Waals surface area contributed by atoms with Crippen molar-refractivity contribution in [3.63, 3.8) is 0 Å². The normalized spacial score (nSPS) is 18.6. The zero-order chi connectivity index (χ0) is 24.7. The maximum atomic E-state index is 12.9. The maximum Gasteiger partial charge on any atom is 0.391 e. The zero-order valence-electron chi connectivity index (χ0n) is 18.8. The lowest BCUT2D eigenvalue weighted by molar-refractivity contribution is -0.183. The highest BCUT2D eigenvalue weighted by molar-refractivity contribution is 5.93. The van der Waals surface area contributed by atoms with Crippen LogP contribution in [0.2, 0.25) is 0 Å². The van der Waals surface area contributed by atoms with Gasteiger partial charge in [0.1, 0.15) is 11.4 Å². The standard InChI is InChI=1S/C25H27F3N2O4/c1-34-22-15-29-21(24(33)30-14-18-4-2-3-17(11-18)12-23(31)32)13-19(22)8-5-16-6-9-20(10-7-16)25(26,27)28/h2-5,8,11,13,15-16,20H,6-7,9-10,12,14H2,1H3,(H,30,33)(H,31,32)/b8-5+. The number of amides is 1. The third-order valence-electron chi connectivity index (χ3n) is 5.93. The Morgan fingerprint density at radius 3 is 2.53 bits per heavy atom. The van der Waals surface area contributed by atoms with Gasteiger partial charge in [-0.15, -0.1) is 0 Å². The predicted molar refractivity (Wildman–Crippen MR) is 120 cm³/mol. The van der Waals surface area contributed by atoms with E-state index >= 15 is 0 Å². The zero-order valence-corrected chi connectivity index (χ0v) is 18.8.